The predicted molar refractivity (Wildman–Crippen MR) is 96.9 cm³/mol. The fourth-order valence-corrected chi connectivity index (χ4v) is 3.97. The number of benzene rings is 1. The van der Waals surface area contributed by atoms with E-state index < -0.39 is 0 Å². The van der Waals surface area contributed by atoms with E-state index in [1.165, 1.54) is 13.0 Å². The molecule has 1 spiro atoms. The quantitative estimate of drug-likeness (QED) is 0.771. The highest BCUT2D eigenvalue weighted by atomic mass is 16.5. The summed E-state index contributed by atoms with van der Waals surface area (Å²) in [5, 5.41) is 0. The number of carbonyl (C=O) groups excluding carboxylic acids is 2. The average Bonchev–Trinajstić information content (AvgIpc) is 3.00. The Hall–Kier alpha value is -1.88. The maximum absolute atomic E-state index is 12.4. The molecular weight excluding hydrogens is 316 g/mol. The summed E-state index contributed by atoms with van der Waals surface area (Å²) in [6.45, 7) is 5.91. The Kier molecular flexibility index (Phi) is 5.42. The van der Waals surface area contributed by atoms with Crippen LogP contribution in [0, 0.1) is 5.41 Å². The van der Waals surface area contributed by atoms with Crippen molar-refractivity contribution >= 4 is 11.7 Å². The summed E-state index contributed by atoms with van der Waals surface area (Å²) in [7, 11) is 2.18. The van der Waals surface area contributed by atoms with Crippen LogP contribution < -0.4 is 4.74 Å². The lowest BCUT2D eigenvalue weighted by atomic mass is 9.78. The Morgan fingerprint density at radius 2 is 1.72 bits per heavy atom. The maximum atomic E-state index is 12.4. The number of amides is 1. The number of hydrogen-bond acceptors (Lipinski definition) is 4. The van der Waals surface area contributed by atoms with Crippen LogP contribution in [0.3, 0.4) is 0 Å². The molecule has 2 saturated heterocycles. The van der Waals surface area contributed by atoms with Gasteiger partial charge in [0.2, 0.25) is 0 Å². The first-order valence-electron chi connectivity index (χ1n) is 9.24. The lowest BCUT2D eigenvalue weighted by Crippen LogP contribution is -2.45. The van der Waals surface area contributed by atoms with Crippen molar-refractivity contribution in [3.63, 3.8) is 0 Å². The van der Waals surface area contributed by atoms with Crippen LogP contribution in [-0.2, 0) is 4.79 Å². The smallest absolute Gasteiger partial charge is 0.260 e. The second-order valence-corrected chi connectivity index (χ2v) is 7.46. The molecule has 2 heterocycles. The van der Waals surface area contributed by atoms with Crippen LogP contribution in [0.2, 0.25) is 0 Å². The molecule has 0 atom stereocenters. The number of piperidine rings is 1. The van der Waals surface area contributed by atoms with Crippen molar-refractivity contribution in [2.75, 3.05) is 39.8 Å². The van der Waals surface area contributed by atoms with Crippen LogP contribution in [0.1, 0.15) is 43.0 Å². The molecule has 2 aliphatic rings. The van der Waals surface area contributed by atoms with Crippen molar-refractivity contribution in [2.24, 2.45) is 5.41 Å². The Morgan fingerprint density at radius 3 is 2.28 bits per heavy atom. The Labute approximate surface area is 149 Å². The van der Waals surface area contributed by atoms with E-state index in [1.807, 2.05) is 11.8 Å². The van der Waals surface area contributed by atoms with Gasteiger partial charge in [-0.15, -0.1) is 0 Å². The molecule has 0 N–H and O–H groups in total. The molecule has 5 heteroatoms. The summed E-state index contributed by atoms with van der Waals surface area (Å²) in [4.78, 5) is 28.3. The van der Waals surface area contributed by atoms with E-state index in [9.17, 15) is 9.59 Å². The Balaban J connectivity index is 1.46. The summed E-state index contributed by atoms with van der Waals surface area (Å²) in [5.41, 5.74) is 1.11. The largest absolute Gasteiger partial charge is 0.484 e. The number of ketones is 1. The number of carbonyl (C=O) groups is 2. The topological polar surface area (TPSA) is 49.9 Å². The van der Waals surface area contributed by atoms with Crippen molar-refractivity contribution in [2.45, 2.75) is 32.6 Å². The average molecular weight is 344 g/mol. The summed E-state index contributed by atoms with van der Waals surface area (Å²) in [5.74, 6) is 0.796. The van der Waals surface area contributed by atoms with Gasteiger partial charge < -0.3 is 14.5 Å². The molecular formula is C20H28N2O3. The molecule has 1 aromatic rings. The first-order valence-corrected chi connectivity index (χ1v) is 9.24. The highest BCUT2D eigenvalue weighted by molar-refractivity contribution is 5.95. The summed E-state index contributed by atoms with van der Waals surface area (Å²) >= 11 is 0. The zero-order valence-electron chi connectivity index (χ0n) is 15.3. The molecule has 136 valence electrons. The van der Waals surface area contributed by atoms with Crippen molar-refractivity contribution in [3.05, 3.63) is 29.8 Å². The van der Waals surface area contributed by atoms with E-state index in [0.717, 1.165) is 32.5 Å². The Morgan fingerprint density at radius 1 is 1.08 bits per heavy atom. The molecule has 0 radical (unpaired) electrons. The van der Waals surface area contributed by atoms with E-state index in [0.29, 0.717) is 23.1 Å². The van der Waals surface area contributed by atoms with Crippen molar-refractivity contribution in [3.8, 4) is 5.75 Å². The number of Topliss-reactive ketones (excluding diaryl/α,β-unsaturated/α-hetero) is 1. The molecule has 0 unspecified atom stereocenters. The Bertz CT molecular complexity index is 618. The molecule has 0 aliphatic carbocycles. The molecule has 25 heavy (non-hydrogen) atoms. The SMILES string of the molecule is CCC(=O)c1ccc(OCC(=O)N2CCC3(CCN(C)C3)CC2)cc1. The number of likely N-dealkylation sites (tertiary alicyclic amines) is 2. The molecule has 2 aliphatic heterocycles. The van der Waals surface area contributed by atoms with Crippen LogP contribution in [0.5, 0.6) is 5.75 Å². The minimum absolute atomic E-state index is 0.0508. The number of hydrogen-bond donors (Lipinski definition) is 0. The molecule has 3 rings (SSSR count). The second-order valence-electron chi connectivity index (χ2n) is 7.46. The van der Waals surface area contributed by atoms with E-state index in [4.69, 9.17) is 4.74 Å². The van der Waals surface area contributed by atoms with Crippen molar-refractivity contribution in [1.82, 2.24) is 9.80 Å². The van der Waals surface area contributed by atoms with Crippen LogP contribution in [-0.4, -0.2) is 61.3 Å². The van der Waals surface area contributed by atoms with Gasteiger partial charge in [-0.05, 0) is 62.5 Å². The molecule has 5 nitrogen and oxygen atoms in total. The highest BCUT2D eigenvalue weighted by Gasteiger charge is 2.40. The van der Waals surface area contributed by atoms with Gasteiger partial charge in [-0.3, -0.25) is 9.59 Å². The maximum Gasteiger partial charge on any atom is 0.260 e. The molecule has 2 fully saturated rings. The molecule has 1 aromatic carbocycles. The van der Waals surface area contributed by atoms with E-state index in [1.54, 1.807) is 24.3 Å². The van der Waals surface area contributed by atoms with E-state index in [2.05, 4.69) is 11.9 Å². The molecule has 1 amide bonds. The zero-order chi connectivity index (χ0) is 17.9. The van der Waals surface area contributed by atoms with Crippen molar-refractivity contribution in [1.29, 1.82) is 0 Å². The number of ether oxygens (including phenoxy) is 1. The van der Waals surface area contributed by atoms with E-state index in [-0.39, 0.29) is 18.3 Å². The number of rotatable bonds is 5. The third kappa shape index (κ3) is 4.21. The van der Waals surface area contributed by atoms with Gasteiger partial charge in [0, 0.05) is 31.6 Å². The van der Waals surface area contributed by atoms with Gasteiger partial charge in [0.25, 0.3) is 5.91 Å². The van der Waals surface area contributed by atoms with Gasteiger partial charge in [-0.2, -0.15) is 0 Å². The molecule has 0 bridgehead atoms. The summed E-state index contributed by atoms with van der Waals surface area (Å²) in [6.07, 6.45) is 3.93. The fraction of sp³-hybridized carbons (Fsp3) is 0.600. The minimum Gasteiger partial charge on any atom is -0.484 e. The van der Waals surface area contributed by atoms with Gasteiger partial charge in [0.05, 0.1) is 0 Å². The van der Waals surface area contributed by atoms with Gasteiger partial charge >= 0.3 is 0 Å². The van der Waals surface area contributed by atoms with Crippen LogP contribution in [0.4, 0.5) is 0 Å². The van der Waals surface area contributed by atoms with Gasteiger partial charge in [0.1, 0.15) is 5.75 Å². The number of nitrogens with zero attached hydrogens (tertiary/aromatic N) is 2. The minimum atomic E-state index is 0.0508. The standard InChI is InChI=1S/C20H28N2O3/c1-3-18(23)16-4-6-17(7-5-16)25-14-19(24)22-12-9-20(10-13-22)8-11-21(2)15-20/h4-7H,3,8-15H2,1-2H3. The van der Waals surface area contributed by atoms with Crippen LogP contribution >= 0.6 is 0 Å². The third-order valence-corrected chi connectivity index (χ3v) is 5.67. The molecule has 0 aromatic heterocycles. The lowest BCUT2D eigenvalue weighted by Gasteiger charge is -2.39. The summed E-state index contributed by atoms with van der Waals surface area (Å²) in [6, 6.07) is 7.03. The highest BCUT2D eigenvalue weighted by Crippen LogP contribution is 2.39. The fourth-order valence-electron chi connectivity index (χ4n) is 3.97. The van der Waals surface area contributed by atoms with E-state index >= 15 is 0 Å². The zero-order valence-corrected chi connectivity index (χ0v) is 15.3. The van der Waals surface area contributed by atoms with Gasteiger partial charge in [-0.1, -0.05) is 6.92 Å². The third-order valence-electron chi connectivity index (χ3n) is 5.67. The van der Waals surface area contributed by atoms with Crippen LogP contribution in [0.15, 0.2) is 24.3 Å². The summed E-state index contributed by atoms with van der Waals surface area (Å²) < 4.78 is 5.61. The predicted octanol–water partition coefficient (Wildman–Crippen LogP) is 2.60. The lowest BCUT2D eigenvalue weighted by molar-refractivity contribution is -0.135. The monoisotopic (exact) mass is 344 g/mol. The van der Waals surface area contributed by atoms with Crippen LogP contribution in [0.25, 0.3) is 0 Å². The second kappa shape index (κ2) is 7.56. The molecule has 0 saturated carbocycles. The normalized spacial score (nSPS) is 20.0. The first-order chi connectivity index (χ1) is 12.0. The first kappa shape index (κ1) is 17.9. The van der Waals surface area contributed by atoms with Gasteiger partial charge in [0.15, 0.2) is 12.4 Å². The van der Waals surface area contributed by atoms with Crippen molar-refractivity contribution < 1.29 is 14.3 Å². The van der Waals surface area contributed by atoms with Gasteiger partial charge in [-0.25, -0.2) is 0 Å².